The van der Waals surface area contributed by atoms with Crippen LogP contribution in [0, 0.1) is 0 Å². The first-order valence-corrected chi connectivity index (χ1v) is 6.59. The fourth-order valence-electron chi connectivity index (χ4n) is 2.00. The van der Waals surface area contributed by atoms with Gasteiger partial charge in [-0.1, -0.05) is 0 Å². The maximum atomic E-state index is 12.0. The molecule has 1 heterocycles. The molecule has 6 heteroatoms. The van der Waals surface area contributed by atoms with Gasteiger partial charge in [-0.15, -0.1) is 0 Å². The van der Waals surface area contributed by atoms with E-state index in [1.54, 1.807) is 18.2 Å². The number of carbonyl (C=O) groups is 1. The van der Waals surface area contributed by atoms with E-state index in [9.17, 15) is 9.59 Å². The highest BCUT2D eigenvalue weighted by Gasteiger charge is 2.11. The minimum absolute atomic E-state index is 0.148. The van der Waals surface area contributed by atoms with Crippen LogP contribution in [0.2, 0.25) is 0 Å². The molecule has 1 aromatic heterocycles. The molecule has 108 valence electrons. The molecule has 0 aliphatic heterocycles. The molecule has 1 aromatic carbocycles. The van der Waals surface area contributed by atoms with Crippen LogP contribution in [-0.4, -0.2) is 42.6 Å². The summed E-state index contributed by atoms with van der Waals surface area (Å²) in [6.07, 6.45) is 0. The molecule has 0 radical (unpaired) electrons. The van der Waals surface area contributed by atoms with Crippen LogP contribution in [0.5, 0.6) is 0 Å². The van der Waals surface area contributed by atoms with E-state index in [-0.39, 0.29) is 5.91 Å². The summed E-state index contributed by atoms with van der Waals surface area (Å²) in [7, 11) is 3.90. The summed E-state index contributed by atoms with van der Waals surface area (Å²) in [6, 6.07) is 5.01. The highest BCUT2D eigenvalue weighted by atomic mass is 16.4. The minimum Gasteiger partial charge on any atom is -0.408 e. The van der Waals surface area contributed by atoms with Crippen molar-refractivity contribution in [3.8, 4) is 0 Å². The van der Waals surface area contributed by atoms with Gasteiger partial charge >= 0.3 is 5.76 Å². The third-order valence-corrected chi connectivity index (χ3v) is 3.09. The molecule has 1 amide bonds. The number of aromatic nitrogens is 1. The smallest absolute Gasteiger partial charge is 0.408 e. The van der Waals surface area contributed by atoms with Gasteiger partial charge in [0, 0.05) is 25.2 Å². The average molecular weight is 277 g/mol. The second kappa shape index (κ2) is 5.92. The predicted octanol–water partition coefficient (Wildman–Crippen LogP) is 0.906. The van der Waals surface area contributed by atoms with Gasteiger partial charge in [-0.05, 0) is 39.2 Å². The van der Waals surface area contributed by atoms with Gasteiger partial charge in [-0.3, -0.25) is 9.36 Å². The first-order chi connectivity index (χ1) is 9.52. The molecule has 0 spiro atoms. The summed E-state index contributed by atoms with van der Waals surface area (Å²) in [6.45, 7) is 3.73. The van der Waals surface area contributed by atoms with Gasteiger partial charge in [-0.25, -0.2) is 4.79 Å². The summed E-state index contributed by atoms with van der Waals surface area (Å²) in [5.41, 5.74) is 1.68. The number of carbonyl (C=O) groups excluding carboxylic acids is 1. The molecule has 2 rings (SSSR count). The van der Waals surface area contributed by atoms with Crippen molar-refractivity contribution in [1.82, 2.24) is 14.8 Å². The third kappa shape index (κ3) is 2.91. The maximum absolute atomic E-state index is 12.0. The van der Waals surface area contributed by atoms with Crippen molar-refractivity contribution >= 4 is 17.0 Å². The third-order valence-electron chi connectivity index (χ3n) is 3.09. The zero-order valence-electron chi connectivity index (χ0n) is 12.0. The molecule has 0 aliphatic rings. The Morgan fingerprint density at radius 2 is 2.15 bits per heavy atom. The van der Waals surface area contributed by atoms with Gasteiger partial charge in [0.05, 0.1) is 5.52 Å². The number of nitrogens with zero attached hydrogens (tertiary/aromatic N) is 2. The molecule has 0 unspecified atom stereocenters. The number of nitrogens with one attached hydrogen (secondary N) is 1. The second-order valence-electron chi connectivity index (χ2n) is 4.85. The molecule has 0 saturated heterocycles. The lowest BCUT2D eigenvalue weighted by molar-refractivity contribution is 0.0951. The highest BCUT2D eigenvalue weighted by Crippen LogP contribution is 2.15. The molecule has 6 nitrogen and oxygen atoms in total. The highest BCUT2D eigenvalue weighted by molar-refractivity contribution is 5.97. The first kappa shape index (κ1) is 14.3. The van der Waals surface area contributed by atoms with Crippen LogP contribution in [-0.2, 0) is 6.54 Å². The normalized spacial score (nSPS) is 11.2. The average Bonchev–Trinajstić information content (AvgIpc) is 2.72. The molecular formula is C14H19N3O3. The number of benzene rings is 1. The zero-order valence-corrected chi connectivity index (χ0v) is 12.0. The summed E-state index contributed by atoms with van der Waals surface area (Å²) >= 11 is 0. The topological polar surface area (TPSA) is 67.5 Å². The van der Waals surface area contributed by atoms with Crippen molar-refractivity contribution in [2.75, 3.05) is 27.2 Å². The van der Waals surface area contributed by atoms with Gasteiger partial charge in [0.1, 0.15) is 0 Å². The van der Waals surface area contributed by atoms with Crippen LogP contribution in [0.25, 0.3) is 11.1 Å². The van der Waals surface area contributed by atoms with Crippen molar-refractivity contribution in [2.45, 2.75) is 13.5 Å². The Labute approximate surface area is 117 Å². The summed E-state index contributed by atoms with van der Waals surface area (Å²) < 4.78 is 6.61. The van der Waals surface area contributed by atoms with E-state index in [1.807, 2.05) is 25.9 Å². The maximum Gasteiger partial charge on any atom is 0.419 e. The van der Waals surface area contributed by atoms with E-state index >= 15 is 0 Å². The number of rotatable bonds is 5. The van der Waals surface area contributed by atoms with Crippen LogP contribution >= 0.6 is 0 Å². The number of hydrogen-bond acceptors (Lipinski definition) is 4. The molecule has 0 bridgehead atoms. The van der Waals surface area contributed by atoms with Gasteiger partial charge in [0.25, 0.3) is 5.91 Å². The molecule has 2 aromatic rings. The largest absolute Gasteiger partial charge is 0.419 e. The van der Waals surface area contributed by atoms with Crippen molar-refractivity contribution in [2.24, 2.45) is 0 Å². The van der Waals surface area contributed by atoms with E-state index in [0.717, 1.165) is 6.54 Å². The lowest BCUT2D eigenvalue weighted by Gasteiger charge is -2.10. The Hall–Kier alpha value is -2.08. The fourth-order valence-corrected chi connectivity index (χ4v) is 2.00. The SMILES string of the molecule is CCn1c(=O)oc2ccc(C(=O)NCCN(C)C)cc21. The number of amides is 1. The molecule has 0 saturated carbocycles. The molecular weight excluding hydrogens is 258 g/mol. The molecule has 1 N–H and O–H groups in total. The van der Waals surface area contributed by atoms with Gasteiger partial charge < -0.3 is 14.6 Å². The van der Waals surface area contributed by atoms with Crippen molar-refractivity contribution in [1.29, 1.82) is 0 Å². The number of oxazole rings is 1. The minimum atomic E-state index is -0.396. The number of fused-ring (bicyclic) bond motifs is 1. The first-order valence-electron chi connectivity index (χ1n) is 6.59. The predicted molar refractivity (Wildman–Crippen MR) is 77.0 cm³/mol. The Morgan fingerprint density at radius 3 is 2.80 bits per heavy atom. The Kier molecular flexibility index (Phi) is 4.24. The van der Waals surface area contributed by atoms with E-state index < -0.39 is 5.76 Å². The van der Waals surface area contributed by atoms with Crippen LogP contribution in [0.3, 0.4) is 0 Å². The van der Waals surface area contributed by atoms with Crippen LogP contribution in [0.4, 0.5) is 0 Å². The van der Waals surface area contributed by atoms with Gasteiger partial charge in [-0.2, -0.15) is 0 Å². The number of aryl methyl sites for hydroxylation is 1. The van der Waals surface area contributed by atoms with Crippen molar-refractivity contribution in [3.05, 3.63) is 34.3 Å². The monoisotopic (exact) mass is 277 g/mol. The standard InChI is InChI=1S/C14H19N3O3/c1-4-17-11-9-10(5-6-12(11)20-14(17)19)13(18)15-7-8-16(2)3/h5-6,9H,4,7-8H2,1-3H3,(H,15,18). The van der Waals surface area contributed by atoms with E-state index in [1.165, 1.54) is 4.57 Å². The Balaban J connectivity index is 2.22. The zero-order chi connectivity index (χ0) is 14.7. The summed E-state index contributed by atoms with van der Waals surface area (Å²) in [5.74, 6) is -0.544. The fraction of sp³-hybridized carbons (Fsp3) is 0.429. The molecule has 0 atom stereocenters. The van der Waals surface area contributed by atoms with Crippen LogP contribution in [0.1, 0.15) is 17.3 Å². The van der Waals surface area contributed by atoms with Crippen LogP contribution < -0.4 is 11.1 Å². The lowest BCUT2D eigenvalue weighted by Crippen LogP contribution is -2.31. The van der Waals surface area contributed by atoms with Crippen molar-refractivity contribution in [3.63, 3.8) is 0 Å². The number of hydrogen-bond donors (Lipinski definition) is 1. The number of likely N-dealkylation sites (N-methyl/N-ethyl adjacent to an activating group) is 1. The lowest BCUT2D eigenvalue weighted by atomic mass is 10.2. The van der Waals surface area contributed by atoms with E-state index in [4.69, 9.17) is 4.42 Å². The van der Waals surface area contributed by atoms with Gasteiger partial charge in [0.2, 0.25) is 0 Å². The summed E-state index contributed by atoms with van der Waals surface area (Å²) in [5, 5.41) is 2.84. The summed E-state index contributed by atoms with van der Waals surface area (Å²) in [4.78, 5) is 25.6. The quantitative estimate of drug-likeness (QED) is 0.882. The Morgan fingerprint density at radius 1 is 1.40 bits per heavy atom. The Bertz CT molecular complexity index is 670. The van der Waals surface area contributed by atoms with E-state index in [0.29, 0.717) is 29.8 Å². The molecule has 0 fully saturated rings. The van der Waals surface area contributed by atoms with Crippen molar-refractivity contribution < 1.29 is 9.21 Å². The van der Waals surface area contributed by atoms with Gasteiger partial charge in [0.15, 0.2) is 5.58 Å². The van der Waals surface area contributed by atoms with E-state index in [2.05, 4.69) is 5.32 Å². The van der Waals surface area contributed by atoms with Crippen LogP contribution in [0.15, 0.2) is 27.4 Å². The second-order valence-corrected chi connectivity index (χ2v) is 4.85. The molecule has 0 aliphatic carbocycles. The molecule has 20 heavy (non-hydrogen) atoms.